The zero-order valence-electron chi connectivity index (χ0n) is 13.1. The number of nitrogens with zero attached hydrogens (tertiary/aromatic N) is 3. The van der Waals surface area contributed by atoms with E-state index in [1.165, 1.54) is 6.07 Å². The maximum atomic E-state index is 11.9. The van der Waals surface area contributed by atoms with Gasteiger partial charge in [0.25, 0.3) is 0 Å². The van der Waals surface area contributed by atoms with Crippen molar-refractivity contribution < 1.29 is 13.3 Å². The number of rotatable bonds is 4. The summed E-state index contributed by atoms with van der Waals surface area (Å²) in [6.07, 6.45) is 4.60. The average molecular weight is 367 g/mol. The van der Waals surface area contributed by atoms with Crippen LogP contribution in [0.1, 0.15) is 23.8 Å². The Bertz CT molecular complexity index is 850. The summed E-state index contributed by atoms with van der Waals surface area (Å²) in [7, 11) is -3.68. The van der Waals surface area contributed by atoms with Crippen LogP contribution >= 0.6 is 11.3 Å². The van der Waals surface area contributed by atoms with Crippen LogP contribution in [0.4, 0.5) is 11.4 Å². The molecule has 1 aromatic carbocycles. The summed E-state index contributed by atoms with van der Waals surface area (Å²) >= 11 is 1.58. The predicted octanol–water partition coefficient (Wildman–Crippen LogP) is 2.84. The molecular formula is C15H17N3O4S2. The van der Waals surface area contributed by atoms with Crippen molar-refractivity contribution in [2.75, 3.05) is 24.2 Å². The molecule has 0 saturated carbocycles. The average Bonchev–Trinajstić information content (AvgIpc) is 3.08. The number of hydrogen-bond acceptors (Lipinski definition) is 7. The monoisotopic (exact) mass is 367 g/mol. The Balaban J connectivity index is 2.01. The van der Waals surface area contributed by atoms with Crippen LogP contribution in [0.25, 0.3) is 0 Å². The maximum absolute atomic E-state index is 11.9. The van der Waals surface area contributed by atoms with Crippen LogP contribution in [-0.4, -0.2) is 37.7 Å². The molecule has 0 N–H and O–H groups in total. The van der Waals surface area contributed by atoms with E-state index in [0.29, 0.717) is 18.8 Å². The fourth-order valence-electron chi connectivity index (χ4n) is 3.08. The highest BCUT2D eigenvalue weighted by Gasteiger charge is 2.31. The second kappa shape index (κ2) is 6.48. The summed E-state index contributed by atoms with van der Waals surface area (Å²) in [4.78, 5) is 17.0. The van der Waals surface area contributed by atoms with Crippen molar-refractivity contribution in [2.45, 2.75) is 23.7 Å². The summed E-state index contributed by atoms with van der Waals surface area (Å²) in [6, 6.07) is 4.47. The van der Waals surface area contributed by atoms with Gasteiger partial charge in [0.1, 0.15) is 10.6 Å². The molecule has 2 heterocycles. The Morgan fingerprint density at radius 3 is 2.83 bits per heavy atom. The van der Waals surface area contributed by atoms with Crippen LogP contribution in [-0.2, 0) is 9.84 Å². The van der Waals surface area contributed by atoms with Crippen LogP contribution in [0, 0.1) is 10.1 Å². The minimum absolute atomic E-state index is 0.209. The van der Waals surface area contributed by atoms with E-state index in [9.17, 15) is 18.5 Å². The van der Waals surface area contributed by atoms with Gasteiger partial charge in [0.2, 0.25) is 0 Å². The van der Waals surface area contributed by atoms with Crippen molar-refractivity contribution in [3.8, 4) is 0 Å². The lowest BCUT2D eigenvalue weighted by atomic mass is 9.98. The first-order chi connectivity index (χ1) is 11.4. The predicted molar refractivity (Wildman–Crippen MR) is 92.5 cm³/mol. The van der Waals surface area contributed by atoms with E-state index in [1.807, 2.05) is 10.3 Å². The Kier molecular flexibility index (Phi) is 4.55. The van der Waals surface area contributed by atoms with Crippen molar-refractivity contribution >= 4 is 32.5 Å². The Morgan fingerprint density at radius 1 is 1.42 bits per heavy atom. The fraction of sp³-hybridized carbons (Fsp3) is 0.400. The fourth-order valence-corrected chi connectivity index (χ4v) is 4.71. The number of nitro benzene ring substituents is 1. The minimum Gasteiger partial charge on any atom is -0.365 e. The second-order valence-corrected chi connectivity index (χ2v) is 8.72. The van der Waals surface area contributed by atoms with Crippen LogP contribution in [0.15, 0.2) is 34.7 Å². The van der Waals surface area contributed by atoms with Crippen molar-refractivity contribution in [2.24, 2.45) is 0 Å². The molecule has 0 aliphatic carbocycles. The van der Waals surface area contributed by atoms with Gasteiger partial charge < -0.3 is 4.90 Å². The molecule has 0 radical (unpaired) electrons. The first-order valence-corrected chi connectivity index (χ1v) is 10.3. The van der Waals surface area contributed by atoms with Gasteiger partial charge in [-0.3, -0.25) is 10.1 Å². The van der Waals surface area contributed by atoms with Crippen LogP contribution < -0.4 is 4.90 Å². The van der Waals surface area contributed by atoms with Gasteiger partial charge in [0.05, 0.1) is 9.93 Å². The number of anilines is 1. The SMILES string of the molecule is CS(=O)(=O)c1cccc(N2CCCC(c3nccs3)C2)c1[N+](=O)[O-]. The molecule has 1 aliphatic heterocycles. The number of benzene rings is 1. The molecule has 1 saturated heterocycles. The summed E-state index contributed by atoms with van der Waals surface area (Å²) in [5, 5.41) is 14.5. The molecule has 0 bridgehead atoms. The zero-order chi connectivity index (χ0) is 17.3. The number of sulfone groups is 1. The Hall–Kier alpha value is -2.00. The first kappa shape index (κ1) is 16.8. The molecule has 2 aromatic rings. The lowest BCUT2D eigenvalue weighted by Crippen LogP contribution is -2.34. The summed E-state index contributed by atoms with van der Waals surface area (Å²) in [5.41, 5.74) is 0.0315. The third-order valence-electron chi connectivity index (χ3n) is 4.12. The number of hydrogen-bond donors (Lipinski definition) is 0. The van der Waals surface area contributed by atoms with Crippen LogP contribution in [0.2, 0.25) is 0 Å². The van der Waals surface area contributed by atoms with Gasteiger partial charge in [-0.15, -0.1) is 11.3 Å². The van der Waals surface area contributed by atoms with E-state index in [1.54, 1.807) is 29.7 Å². The third kappa shape index (κ3) is 3.27. The van der Waals surface area contributed by atoms with Crippen LogP contribution in [0.3, 0.4) is 0 Å². The molecule has 1 fully saturated rings. The van der Waals surface area contributed by atoms with Gasteiger partial charge in [-0.2, -0.15) is 0 Å². The Labute approximate surface area is 144 Å². The zero-order valence-corrected chi connectivity index (χ0v) is 14.7. The van der Waals surface area contributed by atoms with Crippen molar-refractivity contribution in [1.29, 1.82) is 0 Å². The van der Waals surface area contributed by atoms with Crippen molar-refractivity contribution in [1.82, 2.24) is 4.98 Å². The van der Waals surface area contributed by atoms with Gasteiger partial charge in [-0.05, 0) is 25.0 Å². The summed E-state index contributed by atoms with van der Waals surface area (Å²) < 4.78 is 23.8. The standard InChI is InChI=1S/C15H17N3O4S2/c1-24(21,22)13-6-2-5-12(14(13)18(19)20)17-8-3-4-11(10-17)15-16-7-9-23-15/h2,5-7,9,11H,3-4,8,10H2,1H3. The first-order valence-electron chi connectivity index (χ1n) is 7.49. The van der Waals surface area contributed by atoms with E-state index in [4.69, 9.17) is 0 Å². The lowest BCUT2D eigenvalue weighted by molar-refractivity contribution is -0.387. The highest BCUT2D eigenvalue weighted by molar-refractivity contribution is 7.90. The Morgan fingerprint density at radius 2 is 2.21 bits per heavy atom. The second-order valence-electron chi connectivity index (χ2n) is 5.81. The molecule has 1 aliphatic rings. The molecule has 1 atom stereocenters. The third-order valence-corrected chi connectivity index (χ3v) is 6.19. The van der Waals surface area contributed by atoms with E-state index in [0.717, 1.165) is 24.1 Å². The smallest absolute Gasteiger partial charge is 0.311 e. The highest BCUT2D eigenvalue weighted by Crippen LogP contribution is 2.38. The number of piperidine rings is 1. The van der Waals surface area contributed by atoms with Gasteiger partial charge in [-0.1, -0.05) is 6.07 Å². The topological polar surface area (TPSA) is 93.4 Å². The molecule has 0 amide bonds. The number of para-hydroxylation sites is 1. The molecule has 3 rings (SSSR count). The molecular weight excluding hydrogens is 350 g/mol. The summed E-state index contributed by atoms with van der Waals surface area (Å²) in [6.45, 7) is 1.26. The highest BCUT2D eigenvalue weighted by atomic mass is 32.2. The molecule has 24 heavy (non-hydrogen) atoms. The van der Waals surface area contributed by atoms with Crippen LogP contribution in [0.5, 0.6) is 0 Å². The largest absolute Gasteiger partial charge is 0.365 e. The van der Waals surface area contributed by atoms with E-state index < -0.39 is 14.8 Å². The van der Waals surface area contributed by atoms with Gasteiger partial charge in [-0.25, -0.2) is 13.4 Å². The molecule has 128 valence electrons. The number of aromatic nitrogens is 1. The lowest BCUT2D eigenvalue weighted by Gasteiger charge is -2.33. The molecule has 0 spiro atoms. The van der Waals surface area contributed by atoms with Crippen molar-refractivity contribution in [3.05, 3.63) is 44.9 Å². The molecule has 7 nitrogen and oxygen atoms in total. The number of nitro groups is 1. The van der Waals surface area contributed by atoms with Crippen molar-refractivity contribution in [3.63, 3.8) is 0 Å². The van der Waals surface area contributed by atoms with Gasteiger partial charge in [0, 0.05) is 36.8 Å². The molecule has 1 unspecified atom stereocenters. The van der Waals surface area contributed by atoms with E-state index in [2.05, 4.69) is 4.98 Å². The maximum Gasteiger partial charge on any atom is 0.311 e. The summed E-state index contributed by atoms with van der Waals surface area (Å²) in [5.74, 6) is 0.209. The van der Waals surface area contributed by atoms with E-state index in [-0.39, 0.29) is 16.5 Å². The van der Waals surface area contributed by atoms with Gasteiger partial charge in [0.15, 0.2) is 9.84 Å². The molecule has 9 heteroatoms. The normalized spacial score (nSPS) is 18.5. The molecule has 1 aromatic heterocycles. The van der Waals surface area contributed by atoms with Gasteiger partial charge >= 0.3 is 5.69 Å². The minimum atomic E-state index is -3.68. The number of thiazole rings is 1. The van der Waals surface area contributed by atoms with E-state index >= 15 is 0 Å². The quantitative estimate of drug-likeness (QED) is 0.609.